The molecule has 0 spiro atoms. The van der Waals surface area contributed by atoms with Crippen molar-refractivity contribution in [3.63, 3.8) is 0 Å². The smallest absolute Gasteiger partial charge is 0.197 e. The predicted octanol–water partition coefficient (Wildman–Crippen LogP) is 12.5. The van der Waals surface area contributed by atoms with Crippen molar-refractivity contribution in [1.29, 1.82) is 0 Å². The van der Waals surface area contributed by atoms with E-state index < -0.39 is 0 Å². The minimum absolute atomic E-state index is 0.148. The first-order chi connectivity index (χ1) is 26.8. The van der Waals surface area contributed by atoms with Crippen molar-refractivity contribution < 1.29 is 4.42 Å². The van der Waals surface area contributed by atoms with Gasteiger partial charge in [0.05, 0.1) is 16.8 Å². The highest BCUT2D eigenvalue weighted by Crippen LogP contribution is 2.53. The van der Waals surface area contributed by atoms with Crippen LogP contribution in [-0.4, -0.2) is 7.28 Å². The lowest BCUT2D eigenvalue weighted by Gasteiger charge is -2.46. The number of nitrogens with zero attached hydrogens (tertiary/aromatic N) is 1. The second kappa shape index (κ2) is 11.7. The average Bonchev–Trinajstić information content (AvgIpc) is 3.59. The molecular weight excluding hydrogens is 667 g/mol. The lowest BCUT2D eigenvalue weighted by Crippen LogP contribution is -2.45. The normalized spacial score (nSPS) is 13.7. The van der Waals surface area contributed by atoms with Crippen LogP contribution in [0.1, 0.15) is 36.1 Å². The van der Waals surface area contributed by atoms with Crippen LogP contribution in [0, 0.1) is 13.8 Å². The number of anilines is 5. The fourth-order valence-corrected chi connectivity index (χ4v) is 9.50. The number of rotatable bonds is 4. The number of aryl methyl sites for hydroxylation is 2. The lowest BCUT2D eigenvalue weighted by molar-refractivity contribution is 0.632. The van der Waals surface area contributed by atoms with Crippen LogP contribution in [0.5, 0.6) is 0 Å². The van der Waals surface area contributed by atoms with E-state index in [1.54, 1.807) is 0 Å². The summed E-state index contributed by atoms with van der Waals surface area (Å²) in [7, 11) is 2.43. The van der Waals surface area contributed by atoms with Gasteiger partial charge < -0.3 is 14.6 Å². The first-order valence-electron chi connectivity index (χ1n) is 19.2. The van der Waals surface area contributed by atoms with Crippen LogP contribution in [0.2, 0.25) is 0 Å². The first kappa shape index (κ1) is 32.0. The molecule has 0 amide bonds. The third kappa shape index (κ3) is 4.71. The molecule has 1 radical (unpaired) electrons. The van der Waals surface area contributed by atoms with E-state index in [4.69, 9.17) is 4.42 Å². The van der Waals surface area contributed by atoms with E-state index in [9.17, 15) is 0 Å². The van der Waals surface area contributed by atoms with Gasteiger partial charge in [-0.1, -0.05) is 122 Å². The molecule has 1 N–H and O–H groups in total. The van der Waals surface area contributed by atoms with Crippen molar-refractivity contribution in [2.75, 3.05) is 10.2 Å². The summed E-state index contributed by atoms with van der Waals surface area (Å²) in [5, 5.41) is 8.55. The maximum absolute atomic E-state index is 6.34. The first-order valence-corrected chi connectivity index (χ1v) is 19.2. The Labute approximate surface area is 322 Å². The third-order valence-corrected chi connectivity index (χ3v) is 12.1. The standard InChI is InChI=1S/C51H38BN2O/c1-30-14-11-15-31(2)47(30)34-27-37(49-44(29-34)54-43-23-9-8-19-38(43)51(3,4)39-20-12-21-40(52-49)50(39)54)36-26-32-16-5-6-17-33(32)28-42(36)53-41-22-13-25-46-48(41)35-18-7-10-24-45(35)55-46/h5-29,53H,1-4H3. The fraction of sp³-hybridized carbons (Fsp3) is 0.0980. The van der Waals surface area contributed by atoms with Gasteiger partial charge in [0, 0.05) is 33.4 Å². The number of nitrogens with one attached hydrogen (secondary N) is 1. The molecule has 8 aromatic carbocycles. The van der Waals surface area contributed by atoms with Crippen molar-refractivity contribution in [2.24, 2.45) is 0 Å². The molecule has 3 nitrogen and oxygen atoms in total. The highest BCUT2D eigenvalue weighted by molar-refractivity contribution is 6.73. The second-order valence-corrected chi connectivity index (χ2v) is 15.7. The molecule has 4 heteroatoms. The van der Waals surface area contributed by atoms with Crippen molar-refractivity contribution in [3.8, 4) is 22.3 Å². The molecular formula is C51H38BN2O. The molecule has 0 unspecified atom stereocenters. The van der Waals surface area contributed by atoms with Gasteiger partial charge in [-0.05, 0) is 118 Å². The van der Waals surface area contributed by atoms with Gasteiger partial charge in [0.25, 0.3) is 0 Å². The number of para-hydroxylation sites is 3. The molecule has 0 aliphatic carbocycles. The molecule has 3 heterocycles. The maximum Gasteiger partial charge on any atom is 0.197 e. The van der Waals surface area contributed by atoms with Crippen LogP contribution in [-0.2, 0) is 5.41 Å². The number of furan rings is 1. The summed E-state index contributed by atoms with van der Waals surface area (Å²) in [6.07, 6.45) is 0. The molecule has 11 rings (SSSR count). The van der Waals surface area contributed by atoms with E-state index in [1.807, 2.05) is 12.1 Å². The quantitative estimate of drug-likeness (QED) is 0.185. The summed E-state index contributed by atoms with van der Waals surface area (Å²) in [6, 6.07) is 55.3. The number of hydrogen-bond acceptors (Lipinski definition) is 3. The molecule has 0 atom stereocenters. The van der Waals surface area contributed by atoms with Crippen molar-refractivity contribution >= 4 is 79.4 Å². The van der Waals surface area contributed by atoms with Crippen LogP contribution in [0.3, 0.4) is 0 Å². The van der Waals surface area contributed by atoms with Gasteiger partial charge in [0.1, 0.15) is 11.2 Å². The zero-order chi connectivity index (χ0) is 37.0. The molecule has 0 fully saturated rings. The Bertz CT molecular complexity index is 3040. The summed E-state index contributed by atoms with van der Waals surface area (Å²) in [6.45, 7) is 9.20. The molecule has 1 aromatic heterocycles. The minimum atomic E-state index is -0.148. The molecule has 0 saturated carbocycles. The van der Waals surface area contributed by atoms with Gasteiger partial charge in [-0.3, -0.25) is 0 Å². The molecule has 2 aliphatic heterocycles. The van der Waals surface area contributed by atoms with E-state index >= 15 is 0 Å². The molecule has 0 bridgehead atoms. The molecule has 0 saturated heterocycles. The average molecular weight is 706 g/mol. The van der Waals surface area contributed by atoms with E-state index in [0.717, 1.165) is 38.9 Å². The summed E-state index contributed by atoms with van der Waals surface area (Å²) in [5.41, 5.74) is 19.9. The Balaban J connectivity index is 1.22. The Morgan fingerprint density at radius 1 is 0.582 bits per heavy atom. The number of benzene rings is 8. The minimum Gasteiger partial charge on any atom is -0.456 e. The number of fused-ring (bicyclic) bond motifs is 8. The SMILES string of the molecule is Cc1cccc(C)c1-c1cc(-c2cc3ccccc3cc2Nc2cccc3oc4ccccc4c23)c2c(c1)N1c3ccccc3C(C)(C)c3cccc(c31)[B]2. The largest absolute Gasteiger partial charge is 0.456 e. The summed E-state index contributed by atoms with van der Waals surface area (Å²) in [4.78, 5) is 2.55. The van der Waals surface area contributed by atoms with Crippen LogP contribution in [0.4, 0.5) is 28.4 Å². The van der Waals surface area contributed by atoms with Crippen molar-refractivity contribution in [2.45, 2.75) is 33.1 Å². The van der Waals surface area contributed by atoms with Gasteiger partial charge in [-0.25, -0.2) is 0 Å². The number of hydrogen-bond donors (Lipinski definition) is 1. The highest BCUT2D eigenvalue weighted by Gasteiger charge is 2.41. The fourth-order valence-electron chi connectivity index (χ4n) is 9.50. The summed E-state index contributed by atoms with van der Waals surface area (Å²) >= 11 is 0. The van der Waals surface area contributed by atoms with E-state index in [0.29, 0.717) is 0 Å². The molecule has 261 valence electrons. The van der Waals surface area contributed by atoms with E-state index in [1.165, 1.54) is 77.7 Å². The van der Waals surface area contributed by atoms with Gasteiger partial charge in [-0.2, -0.15) is 0 Å². The Hall–Kier alpha value is -6.52. The maximum atomic E-state index is 6.34. The zero-order valence-corrected chi connectivity index (χ0v) is 31.4. The van der Waals surface area contributed by atoms with Crippen molar-refractivity contribution in [1.82, 2.24) is 0 Å². The van der Waals surface area contributed by atoms with Gasteiger partial charge in [0.15, 0.2) is 7.28 Å². The monoisotopic (exact) mass is 705 g/mol. The van der Waals surface area contributed by atoms with E-state index in [-0.39, 0.29) is 5.41 Å². The molecule has 9 aromatic rings. The Morgan fingerprint density at radius 2 is 1.27 bits per heavy atom. The van der Waals surface area contributed by atoms with Gasteiger partial charge >= 0.3 is 0 Å². The topological polar surface area (TPSA) is 28.4 Å². The van der Waals surface area contributed by atoms with Gasteiger partial charge in [0.2, 0.25) is 0 Å². The van der Waals surface area contributed by atoms with Crippen LogP contribution in [0.15, 0.2) is 156 Å². The molecule has 55 heavy (non-hydrogen) atoms. The lowest BCUT2D eigenvalue weighted by atomic mass is 9.55. The summed E-state index contributed by atoms with van der Waals surface area (Å²) < 4.78 is 6.34. The predicted molar refractivity (Wildman–Crippen MR) is 233 cm³/mol. The van der Waals surface area contributed by atoms with Crippen molar-refractivity contribution in [3.05, 3.63) is 174 Å². The highest BCUT2D eigenvalue weighted by atomic mass is 16.3. The van der Waals surface area contributed by atoms with Crippen LogP contribution in [0.25, 0.3) is 55.0 Å². The van der Waals surface area contributed by atoms with E-state index in [2.05, 4.69) is 185 Å². The van der Waals surface area contributed by atoms with Crippen LogP contribution >= 0.6 is 0 Å². The van der Waals surface area contributed by atoms with Gasteiger partial charge in [-0.15, -0.1) is 0 Å². The Morgan fingerprint density at radius 3 is 2.13 bits per heavy atom. The summed E-state index contributed by atoms with van der Waals surface area (Å²) in [5.74, 6) is 0. The zero-order valence-electron chi connectivity index (χ0n) is 31.4. The second-order valence-electron chi connectivity index (χ2n) is 15.7. The Kier molecular flexibility index (Phi) is 6.82. The molecule has 2 aliphatic rings. The third-order valence-electron chi connectivity index (χ3n) is 12.1. The van der Waals surface area contributed by atoms with Crippen LogP contribution < -0.4 is 21.1 Å².